The molecule has 4 aliphatic rings. The van der Waals surface area contributed by atoms with E-state index < -0.39 is 0 Å². The van der Waals surface area contributed by atoms with Gasteiger partial charge in [-0.3, -0.25) is 14.3 Å². The Hall–Kier alpha value is -2.45. The van der Waals surface area contributed by atoms with Crippen LogP contribution in [-0.2, 0) is 0 Å². The number of dihydropyridines is 1. The van der Waals surface area contributed by atoms with Crippen LogP contribution in [0.3, 0.4) is 0 Å². The Morgan fingerprint density at radius 3 is 2.21 bits per heavy atom. The van der Waals surface area contributed by atoms with E-state index in [2.05, 4.69) is 58.6 Å². The van der Waals surface area contributed by atoms with E-state index in [1.54, 1.807) is 0 Å². The standard InChI is InChI=1S/C24H28N4.2C2H6.CH3F/c1-3-19-8-11-26-14-22(19)28(20-6-4-18(2)5-7-20)21-9-12-27(13-10-21)24-15-23(24,16-24)17-25;3*1-2/h3-7,14,21H,1,8-13,15-16H2,2H3;2*1-2H3;1H3. The summed E-state index contributed by atoms with van der Waals surface area (Å²) in [6.45, 7) is 17.2. The van der Waals surface area contributed by atoms with Crippen LogP contribution in [0.25, 0.3) is 0 Å². The van der Waals surface area contributed by atoms with Crippen LogP contribution in [0.15, 0.2) is 53.2 Å². The van der Waals surface area contributed by atoms with E-state index in [0.717, 1.165) is 51.7 Å². The molecule has 1 aromatic carbocycles. The van der Waals surface area contributed by atoms with Gasteiger partial charge in [-0.15, -0.1) is 0 Å². The largest absolute Gasteiger partial charge is 0.337 e. The topological polar surface area (TPSA) is 42.6 Å². The zero-order valence-electron chi connectivity index (χ0n) is 22.1. The number of nitrogens with zero attached hydrogens (tertiary/aromatic N) is 4. The predicted octanol–water partition coefficient (Wildman–Crippen LogP) is 6.87. The van der Waals surface area contributed by atoms with Gasteiger partial charge in [0.2, 0.25) is 0 Å². The van der Waals surface area contributed by atoms with E-state index in [9.17, 15) is 9.65 Å². The van der Waals surface area contributed by atoms with Crippen molar-refractivity contribution < 1.29 is 4.39 Å². The molecule has 1 aromatic rings. The fourth-order valence-corrected chi connectivity index (χ4v) is 5.34. The van der Waals surface area contributed by atoms with Gasteiger partial charge >= 0.3 is 0 Å². The van der Waals surface area contributed by atoms with Crippen molar-refractivity contribution in [2.45, 2.75) is 78.3 Å². The van der Waals surface area contributed by atoms with Crippen molar-refractivity contribution in [3.8, 4) is 6.07 Å². The monoisotopic (exact) mass is 466 g/mol. The molecule has 2 saturated carbocycles. The lowest BCUT2D eigenvalue weighted by Gasteiger charge is -2.42. The molecule has 5 heteroatoms. The first-order valence-electron chi connectivity index (χ1n) is 12.9. The number of nitriles is 1. The Morgan fingerprint density at radius 1 is 1.12 bits per heavy atom. The average Bonchev–Trinajstić information content (AvgIpc) is 3.77. The number of aryl methyl sites for hydroxylation is 1. The second-order valence-corrected chi connectivity index (χ2v) is 8.90. The SMILES string of the molecule is C=CC1=C(N(c2ccc(C)cc2)C2CCN(C34CC3(C#N)C4)CC2)C=NCC1.CC.CC.CF. The first kappa shape index (κ1) is 27.8. The van der Waals surface area contributed by atoms with Crippen LogP contribution < -0.4 is 4.90 Å². The van der Waals surface area contributed by atoms with Gasteiger partial charge in [-0.2, -0.15) is 5.26 Å². The number of fused-ring (bicyclic) bond motifs is 1. The molecule has 2 aliphatic carbocycles. The van der Waals surface area contributed by atoms with Crippen LogP contribution in [0.2, 0.25) is 0 Å². The lowest BCUT2D eigenvalue weighted by molar-refractivity contribution is 0.169. The molecule has 5 rings (SSSR count). The van der Waals surface area contributed by atoms with Crippen molar-refractivity contribution in [3.05, 3.63) is 53.8 Å². The van der Waals surface area contributed by atoms with Crippen LogP contribution in [0.5, 0.6) is 0 Å². The second kappa shape index (κ2) is 12.3. The maximum absolute atomic E-state index is 9.50. The van der Waals surface area contributed by atoms with Crippen LogP contribution in [0.1, 0.15) is 65.4 Å². The van der Waals surface area contributed by atoms with E-state index in [0.29, 0.717) is 13.2 Å². The minimum atomic E-state index is 0.0189. The number of piperidine rings is 1. The lowest BCUT2D eigenvalue weighted by atomic mass is 9.98. The number of hydrogen-bond acceptors (Lipinski definition) is 4. The first-order valence-corrected chi connectivity index (χ1v) is 12.9. The molecule has 0 N–H and O–H groups in total. The number of allylic oxidation sites excluding steroid dienone is 2. The van der Waals surface area contributed by atoms with Gasteiger partial charge in [0.15, 0.2) is 0 Å². The van der Waals surface area contributed by atoms with Crippen molar-refractivity contribution in [3.63, 3.8) is 0 Å². The summed E-state index contributed by atoms with van der Waals surface area (Å²) in [5, 5.41) is 9.43. The molecule has 0 radical (unpaired) electrons. The summed E-state index contributed by atoms with van der Waals surface area (Å²) in [6.07, 6.45) is 9.46. The highest BCUT2D eigenvalue weighted by Gasteiger charge is 2.86. The molecule has 0 atom stereocenters. The highest BCUT2D eigenvalue weighted by Crippen LogP contribution is 2.81. The maximum atomic E-state index is 9.50. The number of rotatable bonds is 5. The fraction of sp³-hybridized carbons (Fsp3) is 0.586. The van der Waals surface area contributed by atoms with Gasteiger partial charge in [0.25, 0.3) is 0 Å². The number of anilines is 1. The molecule has 3 fully saturated rings. The van der Waals surface area contributed by atoms with Gasteiger partial charge in [0.05, 0.1) is 24.4 Å². The van der Waals surface area contributed by atoms with Crippen LogP contribution in [0, 0.1) is 23.7 Å². The maximum Gasteiger partial charge on any atom is 0.0794 e. The minimum Gasteiger partial charge on any atom is -0.337 e. The van der Waals surface area contributed by atoms with Gasteiger partial charge in [-0.1, -0.05) is 58.0 Å². The molecule has 0 bridgehead atoms. The Balaban J connectivity index is 0.000000633. The quantitative estimate of drug-likeness (QED) is 0.475. The molecule has 34 heavy (non-hydrogen) atoms. The number of likely N-dealkylation sites (tertiary alicyclic amines) is 1. The Morgan fingerprint density at radius 2 is 1.71 bits per heavy atom. The molecule has 4 nitrogen and oxygen atoms in total. The molecule has 1 saturated heterocycles. The van der Waals surface area contributed by atoms with Gasteiger partial charge in [-0.05, 0) is 56.7 Å². The molecule has 0 aromatic heterocycles. The van der Waals surface area contributed by atoms with Crippen LogP contribution >= 0.6 is 0 Å². The van der Waals surface area contributed by atoms with Crippen molar-refractivity contribution in [1.29, 1.82) is 5.26 Å². The summed E-state index contributed by atoms with van der Waals surface area (Å²) in [5.41, 5.74) is 5.30. The zero-order valence-corrected chi connectivity index (χ0v) is 22.1. The van der Waals surface area contributed by atoms with Crippen molar-refractivity contribution in [2.75, 3.05) is 31.7 Å². The summed E-state index contributed by atoms with van der Waals surface area (Å²) in [6, 6.07) is 11.9. The Kier molecular flexibility index (Phi) is 10.1. The number of aliphatic imine (C=N–C) groups is 1. The van der Waals surface area contributed by atoms with E-state index in [1.807, 2.05) is 40.0 Å². The van der Waals surface area contributed by atoms with Crippen molar-refractivity contribution in [1.82, 2.24) is 4.90 Å². The van der Waals surface area contributed by atoms with E-state index in [4.69, 9.17) is 0 Å². The van der Waals surface area contributed by atoms with Gasteiger partial charge in [0, 0.05) is 43.1 Å². The molecule has 2 aliphatic heterocycles. The summed E-state index contributed by atoms with van der Waals surface area (Å²) in [4.78, 5) is 9.70. The van der Waals surface area contributed by atoms with E-state index in [-0.39, 0.29) is 11.0 Å². The summed E-state index contributed by atoms with van der Waals surface area (Å²) >= 11 is 0. The molecule has 186 valence electrons. The molecule has 0 spiro atoms. The number of halogens is 1. The number of benzene rings is 1. The zero-order chi connectivity index (χ0) is 25.4. The molecule has 0 amide bonds. The van der Waals surface area contributed by atoms with Gasteiger partial charge in [0.1, 0.15) is 0 Å². The highest BCUT2D eigenvalue weighted by molar-refractivity contribution is 5.87. The Bertz CT molecular complexity index is 895. The second-order valence-electron chi connectivity index (χ2n) is 8.90. The van der Waals surface area contributed by atoms with Gasteiger partial charge in [-0.25, -0.2) is 0 Å². The lowest BCUT2D eigenvalue weighted by Crippen LogP contribution is -2.47. The summed E-state index contributed by atoms with van der Waals surface area (Å²) < 4.78 is 9.50. The molecular formula is C29H43FN4. The van der Waals surface area contributed by atoms with Crippen molar-refractivity contribution in [2.24, 2.45) is 10.4 Å². The summed E-state index contributed by atoms with van der Waals surface area (Å²) in [5.74, 6) is 0. The normalized spacial score (nSPS) is 26.8. The number of hydrogen-bond donors (Lipinski definition) is 0. The van der Waals surface area contributed by atoms with Crippen LogP contribution in [-0.4, -0.2) is 49.5 Å². The van der Waals surface area contributed by atoms with E-state index in [1.165, 1.54) is 22.5 Å². The molecule has 0 unspecified atom stereocenters. The molecule has 2 heterocycles. The number of alkyl halides is 1. The van der Waals surface area contributed by atoms with Gasteiger partial charge < -0.3 is 4.90 Å². The third-order valence-electron chi connectivity index (χ3n) is 7.35. The minimum absolute atomic E-state index is 0.0189. The smallest absolute Gasteiger partial charge is 0.0794 e. The third kappa shape index (κ3) is 5.13. The predicted molar refractivity (Wildman–Crippen MR) is 143 cm³/mol. The van der Waals surface area contributed by atoms with E-state index >= 15 is 0 Å². The Labute approximate surface area is 206 Å². The summed E-state index contributed by atoms with van der Waals surface area (Å²) in [7, 11) is 0.500. The average molecular weight is 467 g/mol. The first-order chi connectivity index (χ1) is 16.6. The van der Waals surface area contributed by atoms with Crippen molar-refractivity contribution >= 4 is 11.9 Å². The molecular weight excluding hydrogens is 423 g/mol. The third-order valence-corrected chi connectivity index (χ3v) is 7.35. The fourth-order valence-electron chi connectivity index (χ4n) is 5.34. The van der Waals surface area contributed by atoms with Crippen LogP contribution in [0.4, 0.5) is 10.1 Å². The highest BCUT2D eigenvalue weighted by atomic mass is 19.1.